The summed E-state index contributed by atoms with van der Waals surface area (Å²) in [4.78, 5) is 16.0. The number of carbonyl (C=O) groups is 1. The minimum atomic E-state index is -3.48. The number of rotatable bonds is 8. The number of aromatic nitrogens is 1. The van der Waals surface area contributed by atoms with Crippen LogP contribution in [0.2, 0.25) is 0 Å². The summed E-state index contributed by atoms with van der Waals surface area (Å²) in [6.45, 7) is 3.06. The van der Waals surface area contributed by atoms with E-state index in [0.29, 0.717) is 11.5 Å². The van der Waals surface area contributed by atoms with E-state index in [9.17, 15) is 13.2 Å². The lowest BCUT2D eigenvalue weighted by Crippen LogP contribution is -2.28. The number of carbonyl (C=O) groups excluding carboxylic acids is 1. The van der Waals surface area contributed by atoms with E-state index >= 15 is 0 Å². The number of nitrogens with zero attached hydrogens (tertiary/aromatic N) is 1. The van der Waals surface area contributed by atoms with Crippen molar-refractivity contribution in [1.29, 1.82) is 0 Å². The third-order valence-electron chi connectivity index (χ3n) is 2.43. The Hall–Kier alpha value is -1.67. The number of primary sulfonamides is 1. The van der Waals surface area contributed by atoms with E-state index < -0.39 is 10.0 Å². The summed E-state index contributed by atoms with van der Waals surface area (Å²) in [6, 6.07) is 5.13. The Morgan fingerprint density at radius 1 is 1.35 bits per heavy atom. The van der Waals surface area contributed by atoms with Gasteiger partial charge in [0.1, 0.15) is 11.5 Å². The predicted octanol–water partition coefficient (Wildman–Crippen LogP) is 0.312. The molecule has 0 aliphatic rings. The second-order valence-electron chi connectivity index (χ2n) is 4.31. The van der Waals surface area contributed by atoms with Gasteiger partial charge in [-0.1, -0.05) is 13.0 Å². The molecule has 1 aromatic heterocycles. The van der Waals surface area contributed by atoms with Crippen molar-refractivity contribution in [3.8, 4) is 0 Å². The molecule has 1 heterocycles. The highest BCUT2D eigenvalue weighted by Gasteiger charge is 2.08. The van der Waals surface area contributed by atoms with E-state index in [1.807, 2.05) is 6.92 Å². The van der Waals surface area contributed by atoms with Crippen molar-refractivity contribution in [2.24, 2.45) is 5.14 Å². The van der Waals surface area contributed by atoms with Gasteiger partial charge in [0.2, 0.25) is 10.0 Å². The summed E-state index contributed by atoms with van der Waals surface area (Å²) < 4.78 is 21.5. The van der Waals surface area contributed by atoms with E-state index in [1.54, 1.807) is 18.2 Å². The number of hydrogen-bond donors (Lipinski definition) is 3. The fourth-order valence-corrected chi connectivity index (χ4v) is 2.03. The van der Waals surface area contributed by atoms with Crippen LogP contribution in [0.15, 0.2) is 18.2 Å². The molecule has 0 fully saturated rings. The molecule has 0 aliphatic heterocycles. The number of amides is 1. The molecule has 0 aliphatic carbocycles. The first-order valence-corrected chi connectivity index (χ1v) is 8.13. The molecule has 1 aromatic rings. The Labute approximate surface area is 119 Å². The molecule has 0 saturated carbocycles. The first-order chi connectivity index (χ1) is 9.42. The Morgan fingerprint density at radius 3 is 2.75 bits per heavy atom. The van der Waals surface area contributed by atoms with Crippen molar-refractivity contribution in [1.82, 2.24) is 10.3 Å². The maximum atomic E-state index is 11.8. The minimum absolute atomic E-state index is 0.154. The molecule has 0 atom stereocenters. The maximum Gasteiger partial charge on any atom is 0.269 e. The molecule has 112 valence electrons. The van der Waals surface area contributed by atoms with E-state index in [-0.39, 0.29) is 24.6 Å². The molecule has 0 aromatic carbocycles. The lowest BCUT2D eigenvalue weighted by molar-refractivity contribution is 0.0949. The van der Waals surface area contributed by atoms with Crippen molar-refractivity contribution in [2.75, 3.05) is 24.2 Å². The van der Waals surface area contributed by atoms with Gasteiger partial charge in [-0.2, -0.15) is 0 Å². The zero-order chi connectivity index (χ0) is 15.0. The molecule has 0 bridgehead atoms. The molecule has 0 radical (unpaired) electrons. The minimum Gasteiger partial charge on any atom is -0.370 e. The van der Waals surface area contributed by atoms with Gasteiger partial charge in [0.15, 0.2) is 0 Å². The number of anilines is 1. The van der Waals surface area contributed by atoms with Gasteiger partial charge in [-0.25, -0.2) is 18.5 Å². The zero-order valence-electron chi connectivity index (χ0n) is 11.4. The molecule has 7 nitrogen and oxygen atoms in total. The van der Waals surface area contributed by atoms with Crippen LogP contribution in [0, 0.1) is 0 Å². The Morgan fingerprint density at radius 2 is 2.10 bits per heavy atom. The summed E-state index contributed by atoms with van der Waals surface area (Å²) in [5.74, 6) is 0.155. The van der Waals surface area contributed by atoms with Crippen molar-refractivity contribution < 1.29 is 13.2 Å². The predicted molar refractivity (Wildman–Crippen MR) is 77.9 cm³/mol. The standard InChI is InChI=1S/C12H20N4O3S/c1-2-7-14-11-6-3-5-10(16-11)12(17)15-8-4-9-20(13,18)19/h3,5-6H,2,4,7-9H2,1H3,(H,14,16)(H,15,17)(H2,13,18,19). The first-order valence-electron chi connectivity index (χ1n) is 6.42. The molecule has 0 spiro atoms. The molecular formula is C12H20N4O3S. The molecule has 4 N–H and O–H groups in total. The van der Waals surface area contributed by atoms with Crippen LogP contribution in [0.1, 0.15) is 30.3 Å². The summed E-state index contributed by atoms with van der Waals surface area (Å²) in [7, 11) is -3.48. The van der Waals surface area contributed by atoms with Crippen molar-refractivity contribution in [3.63, 3.8) is 0 Å². The lowest BCUT2D eigenvalue weighted by atomic mass is 10.3. The molecular weight excluding hydrogens is 280 g/mol. The van der Waals surface area contributed by atoms with E-state index in [2.05, 4.69) is 15.6 Å². The molecule has 8 heteroatoms. The van der Waals surface area contributed by atoms with Gasteiger partial charge in [0.25, 0.3) is 5.91 Å². The number of nitrogens with one attached hydrogen (secondary N) is 2. The summed E-state index contributed by atoms with van der Waals surface area (Å²) in [5, 5.41) is 10.6. The molecule has 20 heavy (non-hydrogen) atoms. The number of pyridine rings is 1. The maximum absolute atomic E-state index is 11.8. The van der Waals surface area contributed by atoms with Crippen LogP contribution in [0.5, 0.6) is 0 Å². The topological polar surface area (TPSA) is 114 Å². The van der Waals surface area contributed by atoms with E-state index in [4.69, 9.17) is 5.14 Å². The normalized spacial score (nSPS) is 11.1. The van der Waals surface area contributed by atoms with Crippen LogP contribution in [0.4, 0.5) is 5.82 Å². The number of nitrogens with two attached hydrogens (primary N) is 1. The summed E-state index contributed by atoms with van der Waals surface area (Å²) in [6.07, 6.45) is 1.24. The van der Waals surface area contributed by atoms with Crippen LogP contribution in [-0.4, -0.2) is 38.2 Å². The van der Waals surface area contributed by atoms with Crippen LogP contribution >= 0.6 is 0 Å². The van der Waals surface area contributed by atoms with Crippen molar-refractivity contribution in [2.45, 2.75) is 19.8 Å². The molecule has 1 rings (SSSR count). The van der Waals surface area contributed by atoms with Gasteiger partial charge in [-0.3, -0.25) is 4.79 Å². The summed E-state index contributed by atoms with van der Waals surface area (Å²) in [5.41, 5.74) is 0.293. The van der Waals surface area contributed by atoms with Gasteiger partial charge < -0.3 is 10.6 Å². The monoisotopic (exact) mass is 300 g/mol. The lowest BCUT2D eigenvalue weighted by Gasteiger charge is -2.07. The van der Waals surface area contributed by atoms with Crippen LogP contribution in [0.25, 0.3) is 0 Å². The highest BCUT2D eigenvalue weighted by molar-refractivity contribution is 7.89. The van der Waals surface area contributed by atoms with E-state index in [1.165, 1.54) is 0 Å². The zero-order valence-corrected chi connectivity index (χ0v) is 12.2. The smallest absolute Gasteiger partial charge is 0.269 e. The Balaban J connectivity index is 2.46. The quantitative estimate of drug-likeness (QED) is 0.598. The van der Waals surface area contributed by atoms with Gasteiger partial charge in [-0.05, 0) is 25.0 Å². The Kier molecular flexibility index (Phi) is 6.40. The van der Waals surface area contributed by atoms with Crippen molar-refractivity contribution in [3.05, 3.63) is 23.9 Å². The van der Waals surface area contributed by atoms with Gasteiger partial charge in [0, 0.05) is 13.1 Å². The Bertz CT molecular complexity index is 545. The highest BCUT2D eigenvalue weighted by Crippen LogP contribution is 2.04. The van der Waals surface area contributed by atoms with Gasteiger partial charge in [0.05, 0.1) is 5.75 Å². The fraction of sp³-hybridized carbons (Fsp3) is 0.500. The molecule has 0 saturated heterocycles. The van der Waals surface area contributed by atoms with Crippen LogP contribution < -0.4 is 15.8 Å². The van der Waals surface area contributed by atoms with E-state index in [0.717, 1.165) is 13.0 Å². The average molecular weight is 300 g/mol. The first kappa shape index (κ1) is 16.4. The van der Waals surface area contributed by atoms with Crippen LogP contribution in [0.3, 0.4) is 0 Å². The molecule has 1 amide bonds. The third kappa shape index (κ3) is 6.48. The third-order valence-corrected chi connectivity index (χ3v) is 3.29. The largest absolute Gasteiger partial charge is 0.370 e. The SMILES string of the molecule is CCCNc1cccc(C(=O)NCCCS(N)(=O)=O)n1. The van der Waals surface area contributed by atoms with Crippen molar-refractivity contribution >= 4 is 21.7 Å². The second-order valence-corrected chi connectivity index (χ2v) is 6.05. The average Bonchev–Trinajstić information content (AvgIpc) is 2.40. The highest BCUT2D eigenvalue weighted by atomic mass is 32.2. The number of sulfonamides is 1. The van der Waals surface area contributed by atoms with Gasteiger partial charge >= 0.3 is 0 Å². The second kappa shape index (κ2) is 7.81. The fourth-order valence-electron chi connectivity index (χ4n) is 1.48. The van der Waals surface area contributed by atoms with Gasteiger partial charge in [-0.15, -0.1) is 0 Å². The van der Waals surface area contributed by atoms with Crippen LogP contribution in [-0.2, 0) is 10.0 Å². The molecule has 0 unspecified atom stereocenters. The number of hydrogen-bond acceptors (Lipinski definition) is 5. The summed E-state index contributed by atoms with van der Waals surface area (Å²) >= 11 is 0.